The van der Waals surface area contributed by atoms with Gasteiger partial charge >= 0.3 is 11.9 Å². The smallest absolute Gasteiger partial charge is 0.327 e. The van der Waals surface area contributed by atoms with Gasteiger partial charge in [-0.25, -0.2) is 0 Å². The molecule has 0 bridgehead atoms. The molecule has 0 saturated heterocycles. The Bertz CT molecular complexity index is 903. The third kappa shape index (κ3) is 5.07. The minimum absolute atomic E-state index is 0.0873. The fourth-order valence-electron chi connectivity index (χ4n) is 3.74. The van der Waals surface area contributed by atoms with Crippen LogP contribution in [0.4, 0.5) is 0 Å². The van der Waals surface area contributed by atoms with Crippen LogP contribution in [0.15, 0.2) is 66.4 Å². The Morgan fingerprint density at radius 1 is 0.935 bits per heavy atom. The number of carbonyl (C=O) groups excluding carboxylic acids is 2. The molecule has 0 spiro atoms. The summed E-state index contributed by atoms with van der Waals surface area (Å²) < 4.78 is 16.2. The van der Waals surface area contributed by atoms with Crippen LogP contribution in [0.25, 0.3) is 0 Å². The minimum Gasteiger partial charge on any atom is -0.497 e. The van der Waals surface area contributed by atoms with Gasteiger partial charge in [0.15, 0.2) is 5.41 Å². The maximum atomic E-state index is 13.5. The van der Waals surface area contributed by atoms with Crippen LogP contribution in [-0.2, 0) is 25.5 Å². The second-order valence-electron chi connectivity index (χ2n) is 7.84. The average Bonchev–Trinajstić information content (AvgIpc) is 2.78. The second kappa shape index (κ2) is 10.4. The van der Waals surface area contributed by atoms with Gasteiger partial charge in [0.2, 0.25) is 0 Å². The van der Waals surface area contributed by atoms with E-state index < -0.39 is 25.4 Å². The van der Waals surface area contributed by atoms with E-state index in [4.69, 9.17) is 14.2 Å². The fourth-order valence-corrected chi connectivity index (χ4v) is 6.47. The van der Waals surface area contributed by atoms with E-state index in [1.54, 1.807) is 21.0 Å². The van der Waals surface area contributed by atoms with Crippen LogP contribution in [0.3, 0.4) is 0 Å². The average molecular weight is 441 g/mol. The van der Waals surface area contributed by atoms with Crippen LogP contribution in [0, 0.1) is 5.41 Å². The van der Waals surface area contributed by atoms with Gasteiger partial charge in [-0.15, -0.1) is 6.58 Å². The highest BCUT2D eigenvalue weighted by molar-refractivity contribution is 6.96. The van der Waals surface area contributed by atoms with Crippen molar-refractivity contribution in [3.63, 3.8) is 0 Å². The first kappa shape index (κ1) is 24.4. The van der Waals surface area contributed by atoms with Gasteiger partial charge in [0, 0.05) is 6.42 Å². The van der Waals surface area contributed by atoms with Gasteiger partial charge in [0.05, 0.1) is 20.3 Å². The summed E-state index contributed by atoms with van der Waals surface area (Å²) in [6.07, 6.45) is 0.0873. The molecule has 0 fully saturated rings. The monoisotopic (exact) mass is 440 g/mol. The largest absolute Gasteiger partial charge is 0.497 e. The zero-order valence-electron chi connectivity index (χ0n) is 19.1. The van der Waals surface area contributed by atoms with Crippen molar-refractivity contribution >= 4 is 25.2 Å². The van der Waals surface area contributed by atoms with Crippen LogP contribution in [0.5, 0.6) is 5.75 Å². The number of ether oxygens (including phenoxy) is 3. The lowest BCUT2D eigenvalue weighted by Crippen LogP contribution is -2.56. The lowest BCUT2D eigenvalue weighted by atomic mass is 9.81. The lowest BCUT2D eigenvalue weighted by molar-refractivity contribution is -0.168. The standard InChI is InChI=1S/C25H32O5Si/c1-7-29-23(26)25(24(27)30-8-2,18-20-13-12-14-21(17-20)28-4)19(3)31(5,6)22-15-10-9-11-16-22/h9-17H,3,7-8,18H2,1-2,4-6H3. The van der Waals surface area contributed by atoms with Crippen molar-refractivity contribution in [1.82, 2.24) is 0 Å². The molecule has 166 valence electrons. The van der Waals surface area contributed by atoms with Crippen molar-refractivity contribution in [2.45, 2.75) is 33.4 Å². The molecule has 0 saturated carbocycles. The van der Waals surface area contributed by atoms with Crippen molar-refractivity contribution in [2.75, 3.05) is 20.3 Å². The first-order valence-corrected chi connectivity index (χ1v) is 13.5. The maximum absolute atomic E-state index is 13.5. The number of carbonyl (C=O) groups is 2. The van der Waals surface area contributed by atoms with Gasteiger partial charge in [-0.1, -0.05) is 65.9 Å². The summed E-state index contributed by atoms with van der Waals surface area (Å²) in [6, 6.07) is 17.2. The summed E-state index contributed by atoms with van der Waals surface area (Å²) >= 11 is 0. The molecule has 0 radical (unpaired) electrons. The Balaban J connectivity index is 2.69. The summed E-state index contributed by atoms with van der Waals surface area (Å²) in [6.45, 7) is 12.3. The minimum atomic E-state index is -2.50. The molecule has 2 aromatic rings. The third-order valence-electron chi connectivity index (χ3n) is 5.62. The Hall–Kier alpha value is -2.86. The number of hydrogen-bond donors (Lipinski definition) is 0. The van der Waals surface area contributed by atoms with Crippen molar-refractivity contribution in [2.24, 2.45) is 5.41 Å². The highest BCUT2D eigenvalue weighted by Gasteiger charge is 2.55. The Labute approximate surface area is 186 Å². The van der Waals surface area contributed by atoms with Gasteiger partial charge < -0.3 is 14.2 Å². The van der Waals surface area contributed by atoms with Gasteiger partial charge in [-0.05, 0) is 31.5 Å². The molecule has 0 unspecified atom stereocenters. The molecule has 6 heteroatoms. The molecule has 5 nitrogen and oxygen atoms in total. The third-order valence-corrected chi connectivity index (χ3v) is 9.33. The van der Waals surface area contributed by atoms with E-state index in [0.29, 0.717) is 10.9 Å². The molecule has 2 aromatic carbocycles. The fraction of sp³-hybridized carbons (Fsp3) is 0.360. The van der Waals surface area contributed by atoms with Crippen LogP contribution in [-0.4, -0.2) is 40.3 Å². The molecule has 2 rings (SSSR count). The normalized spacial score (nSPS) is 11.5. The first-order chi connectivity index (χ1) is 14.7. The number of methoxy groups -OCH3 is 1. The number of benzene rings is 2. The van der Waals surface area contributed by atoms with Crippen LogP contribution in [0.1, 0.15) is 19.4 Å². The molecule has 0 aliphatic heterocycles. The lowest BCUT2D eigenvalue weighted by Gasteiger charge is -2.38. The molecule has 0 aliphatic rings. The van der Waals surface area contributed by atoms with Crippen LogP contribution >= 0.6 is 0 Å². The molecular weight excluding hydrogens is 408 g/mol. The predicted octanol–water partition coefficient (Wildman–Crippen LogP) is 4.06. The van der Waals surface area contributed by atoms with E-state index in [-0.39, 0.29) is 19.6 Å². The van der Waals surface area contributed by atoms with Crippen molar-refractivity contribution in [3.05, 3.63) is 71.9 Å². The van der Waals surface area contributed by atoms with E-state index >= 15 is 0 Å². The molecule has 31 heavy (non-hydrogen) atoms. The molecular formula is C25H32O5Si. The quantitative estimate of drug-likeness (QED) is 0.317. The zero-order valence-corrected chi connectivity index (χ0v) is 20.1. The van der Waals surface area contributed by atoms with E-state index in [9.17, 15) is 9.59 Å². The van der Waals surface area contributed by atoms with E-state index in [1.807, 2.05) is 54.6 Å². The van der Waals surface area contributed by atoms with Crippen molar-refractivity contribution in [1.29, 1.82) is 0 Å². The molecule has 0 aliphatic carbocycles. The summed E-state index contributed by atoms with van der Waals surface area (Å²) in [4.78, 5) is 26.9. The first-order valence-electron chi connectivity index (χ1n) is 10.5. The summed E-state index contributed by atoms with van der Waals surface area (Å²) in [7, 11) is -0.928. The second-order valence-corrected chi connectivity index (χ2v) is 12.3. The van der Waals surface area contributed by atoms with Crippen LogP contribution in [0.2, 0.25) is 13.1 Å². The maximum Gasteiger partial charge on any atom is 0.327 e. The summed E-state index contributed by atoms with van der Waals surface area (Å²) in [5.41, 5.74) is -0.885. The highest BCUT2D eigenvalue weighted by atomic mass is 28.3. The van der Waals surface area contributed by atoms with Crippen LogP contribution < -0.4 is 9.92 Å². The van der Waals surface area contributed by atoms with Gasteiger partial charge in [-0.3, -0.25) is 9.59 Å². The molecule has 0 atom stereocenters. The molecule has 0 aromatic heterocycles. The molecule has 0 heterocycles. The van der Waals surface area contributed by atoms with Gasteiger partial charge in [0.25, 0.3) is 0 Å². The summed E-state index contributed by atoms with van der Waals surface area (Å²) in [5, 5.41) is 1.63. The van der Waals surface area contributed by atoms with E-state index in [0.717, 1.165) is 10.8 Å². The Morgan fingerprint density at radius 2 is 1.52 bits per heavy atom. The van der Waals surface area contributed by atoms with Gasteiger partial charge in [0.1, 0.15) is 13.8 Å². The van der Waals surface area contributed by atoms with Crippen molar-refractivity contribution in [3.8, 4) is 5.75 Å². The number of hydrogen-bond acceptors (Lipinski definition) is 5. The number of rotatable bonds is 10. The highest BCUT2D eigenvalue weighted by Crippen LogP contribution is 2.40. The molecule has 0 amide bonds. The molecule has 0 N–H and O–H groups in total. The SMILES string of the molecule is C=C(C(Cc1cccc(OC)c1)(C(=O)OCC)C(=O)OCC)[Si](C)(C)c1ccccc1. The number of esters is 2. The Kier molecular flexibility index (Phi) is 8.22. The van der Waals surface area contributed by atoms with Gasteiger partial charge in [-0.2, -0.15) is 0 Å². The topological polar surface area (TPSA) is 61.8 Å². The van der Waals surface area contributed by atoms with E-state index in [1.165, 1.54) is 0 Å². The van der Waals surface area contributed by atoms with E-state index in [2.05, 4.69) is 19.7 Å². The van der Waals surface area contributed by atoms with Crippen molar-refractivity contribution < 1.29 is 23.8 Å². The zero-order chi connectivity index (χ0) is 23.1. The summed E-state index contributed by atoms with van der Waals surface area (Å²) in [5.74, 6) is -0.611. The Morgan fingerprint density at radius 3 is 2.03 bits per heavy atom. The predicted molar refractivity (Wildman–Crippen MR) is 125 cm³/mol.